The van der Waals surface area contributed by atoms with Crippen LogP contribution in [0.1, 0.15) is 0 Å². The highest BCUT2D eigenvalue weighted by Crippen LogP contribution is 2.26. The molecule has 0 radical (unpaired) electrons. The van der Waals surface area contributed by atoms with Crippen LogP contribution >= 0.6 is 11.8 Å². The molecule has 0 bridgehead atoms. The van der Waals surface area contributed by atoms with Crippen LogP contribution in [0.2, 0.25) is 0 Å². The summed E-state index contributed by atoms with van der Waals surface area (Å²) in [4.78, 5) is 18.3. The molecule has 0 spiro atoms. The van der Waals surface area contributed by atoms with E-state index in [1.807, 2.05) is 24.3 Å². The van der Waals surface area contributed by atoms with Gasteiger partial charge in [0.25, 0.3) is 0 Å². The van der Waals surface area contributed by atoms with Gasteiger partial charge in [0.05, 0.1) is 30.3 Å². The van der Waals surface area contributed by atoms with Crippen molar-refractivity contribution in [3.05, 3.63) is 30.6 Å². The highest BCUT2D eigenvalue weighted by atomic mass is 32.2. The number of carbonyl (C=O) groups is 1. The Labute approximate surface area is 132 Å². The van der Waals surface area contributed by atoms with E-state index in [0.29, 0.717) is 18.4 Å². The monoisotopic (exact) mass is 319 g/mol. The number of morpholine rings is 1. The summed E-state index contributed by atoms with van der Waals surface area (Å²) in [6, 6.07) is 7.83. The zero-order valence-corrected chi connectivity index (χ0v) is 12.8. The number of benzene rings is 1. The first kappa shape index (κ1) is 14.9. The van der Waals surface area contributed by atoms with E-state index in [2.05, 4.69) is 25.4 Å². The summed E-state index contributed by atoms with van der Waals surface area (Å²) in [6.07, 6.45) is 1.42. The van der Waals surface area contributed by atoms with E-state index < -0.39 is 0 Å². The Balaban J connectivity index is 1.62. The Morgan fingerprint density at radius 2 is 2.18 bits per heavy atom. The second-order valence-electron chi connectivity index (χ2n) is 4.74. The number of H-pyrrole nitrogens is 1. The number of carbonyl (C=O) groups excluding carboxylic acids is 1. The quantitative estimate of drug-likeness (QED) is 0.810. The zero-order chi connectivity index (χ0) is 15.2. The molecule has 1 fully saturated rings. The molecule has 1 aliphatic rings. The fourth-order valence-corrected chi connectivity index (χ4v) is 2.82. The van der Waals surface area contributed by atoms with Gasteiger partial charge in [-0.2, -0.15) is 5.10 Å². The van der Waals surface area contributed by atoms with Crippen LogP contribution in [0.4, 0.5) is 11.4 Å². The average molecular weight is 319 g/mol. The number of rotatable bonds is 5. The second-order valence-corrected chi connectivity index (χ2v) is 5.71. The molecule has 0 unspecified atom stereocenters. The van der Waals surface area contributed by atoms with Gasteiger partial charge in [0, 0.05) is 13.1 Å². The largest absolute Gasteiger partial charge is 0.378 e. The molecule has 1 aliphatic heterocycles. The van der Waals surface area contributed by atoms with Crippen molar-refractivity contribution in [2.45, 2.75) is 5.16 Å². The lowest BCUT2D eigenvalue weighted by Gasteiger charge is -2.30. The summed E-state index contributed by atoms with van der Waals surface area (Å²) >= 11 is 1.32. The molecule has 2 N–H and O–H groups in total. The van der Waals surface area contributed by atoms with E-state index in [1.54, 1.807) is 0 Å². The van der Waals surface area contributed by atoms with Crippen LogP contribution in [0.25, 0.3) is 0 Å². The molecule has 2 aromatic rings. The number of nitrogens with zero attached hydrogens (tertiary/aromatic N) is 3. The van der Waals surface area contributed by atoms with Gasteiger partial charge < -0.3 is 15.0 Å². The molecule has 0 aliphatic carbocycles. The Hall–Kier alpha value is -2.06. The molecule has 116 valence electrons. The number of anilines is 2. The van der Waals surface area contributed by atoms with Gasteiger partial charge in [-0.1, -0.05) is 23.9 Å². The van der Waals surface area contributed by atoms with Crippen LogP contribution in [-0.4, -0.2) is 53.1 Å². The van der Waals surface area contributed by atoms with Gasteiger partial charge in [-0.25, -0.2) is 4.98 Å². The van der Waals surface area contributed by atoms with E-state index >= 15 is 0 Å². The SMILES string of the molecule is O=C(CSc1ncn[nH]1)Nc1ccccc1N1CCOCC1. The van der Waals surface area contributed by atoms with Crippen LogP contribution in [0.3, 0.4) is 0 Å². The van der Waals surface area contributed by atoms with Crippen LogP contribution in [0, 0.1) is 0 Å². The number of aromatic nitrogens is 3. The van der Waals surface area contributed by atoms with Gasteiger partial charge in [0.2, 0.25) is 5.91 Å². The number of aromatic amines is 1. The predicted molar refractivity (Wildman–Crippen MR) is 85.2 cm³/mol. The maximum absolute atomic E-state index is 12.1. The van der Waals surface area contributed by atoms with Gasteiger partial charge in [0.1, 0.15) is 6.33 Å². The minimum absolute atomic E-state index is 0.0675. The van der Waals surface area contributed by atoms with Crippen molar-refractivity contribution >= 4 is 29.0 Å². The normalized spacial score (nSPS) is 14.8. The number of ether oxygens (including phenoxy) is 1. The number of amides is 1. The number of hydrogen-bond acceptors (Lipinski definition) is 6. The van der Waals surface area contributed by atoms with Gasteiger partial charge >= 0.3 is 0 Å². The average Bonchev–Trinajstić information content (AvgIpc) is 3.08. The molecule has 1 aromatic heterocycles. The summed E-state index contributed by atoms with van der Waals surface area (Å²) in [5.41, 5.74) is 1.86. The van der Waals surface area contributed by atoms with E-state index in [9.17, 15) is 4.79 Å². The van der Waals surface area contributed by atoms with Crippen LogP contribution in [0.5, 0.6) is 0 Å². The van der Waals surface area contributed by atoms with Crippen molar-refractivity contribution in [2.24, 2.45) is 0 Å². The van der Waals surface area contributed by atoms with Gasteiger partial charge in [-0.3, -0.25) is 9.89 Å². The van der Waals surface area contributed by atoms with Crippen LogP contribution in [0.15, 0.2) is 35.7 Å². The van der Waals surface area contributed by atoms with Crippen molar-refractivity contribution in [2.75, 3.05) is 42.3 Å². The molecule has 0 atom stereocenters. The lowest BCUT2D eigenvalue weighted by Crippen LogP contribution is -2.36. The van der Waals surface area contributed by atoms with Crippen molar-refractivity contribution in [3.8, 4) is 0 Å². The summed E-state index contributed by atoms with van der Waals surface area (Å²) in [7, 11) is 0. The third-order valence-electron chi connectivity index (χ3n) is 3.26. The molecule has 1 amide bonds. The predicted octanol–water partition coefficient (Wildman–Crippen LogP) is 1.37. The highest BCUT2D eigenvalue weighted by Gasteiger charge is 2.15. The number of para-hydroxylation sites is 2. The fraction of sp³-hybridized carbons (Fsp3) is 0.357. The first-order valence-electron chi connectivity index (χ1n) is 7.02. The summed E-state index contributed by atoms with van der Waals surface area (Å²) < 4.78 is 5.37. The van der Waals surface area contributed by atoms with Crippen LogP contribution in [-0.2, 0) is 9.53 Å². The first-order valence-corrected chi connectivity index (χ1v) is 8.01. The molecule has 1 saturated heterocycles. The lowest BCUT2D eigenvalue weighted by atomic mass is 10.2. The molecule has 7 nitrogen and oxygen atoms in total. The topological polar surface area (TPSA) is 83.1 Å². The summed E-state index contributed by atoms with van der Waals surface area (Å²) in [6.45, 7) is 3.09. The van der Waals surface area contributed by atoms with E-state index in [-0.39, 0.29) is 11.7 Å². The van der Waals surface area contributed by atoms with E-state index in [0.717, 1.165) is 24.5 Å². The summed E-state index contributed by atoms with van der Waals surface area (Å²) in [5, 5.41) is 10.1. The minimum atomic E-state index is -0.0675. The van der Waals surface area contributed by atoms with Crippen molar-refractivity contribution < 1.29 is 9.53 Å². The van der Waals surface area contributed by atoms with Crippen LogP contribution < -0.4 is 10.2 Å². The number of hydrogen-bond donors (Lipinski definition) is 2. The minimum Gasteiger partial charge on any atom is -0.378 e. The molecule has 8 heteroatoms. The Morgan fingerprint density at radius 1 is 1.36 bits per heavy atom. The van der Waals surface area contributed by atoms with E-state index in [1.165, 1.54) is 18.1 Å². The van der Waals surface area contributed by atoms with Crippen molar-refractivity contribution in [1.29, 1.82) is 0 Å². The van der Waals surface area contributed by atoms with Gasteiger partial charge in [-0.05, 0) is 12.1 Å². The first-order chi connectivity index (χ1) is 10.8. The van der Waals surface area contributed by atoms with E-state index in [4.69, 9.17) is 4.74 Å². The zero-order valence-electron chi connectivity index (χ0n) is 12.0. The smallest absolute Gasteiger partial charge is 0.234 e. The third kappa shape index (κ3) is 3.77. The lowest BCUT2D eigenvalue weighted by molar-refractivity contribution is -0.113. The fourth-order valence-electron chi connectivity index (χ4n) is 2.24. The molecule has 1 aromatic carbocycles. The Bertz CT molecular complexity index is 613. The van der Waals surface area contributed by atoms with Gasteiger partial charge in [-0.15, -0.1) is 0 Å². The second kappa shape index (κ2) is 7.28. The summed E-state index contributed by atoms with van der Waals surface area (Å²) in [5.74, 6) is 0.217. The number of thioether (sulfide) groups is 1. The van der Waals surface area contributed by atoms with Crippen molar-refractivity contribution in [1.82, 2.24) is 15.2 Å². The molecule has 3 rings (SSSR count). The van der Waals surface area contributed by atoms with Gasteiger partial charge in [0.15, 0.2) is 5.16 Å². The Kier molecular flexibility index (Phi) is 4.92. The molecular formula is C14H17N5O2S. The molecule has 22 heavy (non-hydrogen) atoms. The highest BCUT2D eigenvalue weighted by molar-refractivity contribution is 7.99. The Morgan fingerprint density at radius 3 is 2.95 bits per heavy atom. The molecular weight excluding hydrogens is 302 g/mol. The maximum atomic E-state index is 12.1. The number of nitrogens with one attached hydrogen (secondary N) is 2. The third-order valence-corrected chi connectivity index (χ3v) is 4.14. The maximum Gasteiger partial charge on any atom is 0.234 e. The molecule has 0 saturated carbocycles. The van der Waals surface area contributed by atoms with Crippen molar-refractivity contribution in [3.63, 3.8) is 0 Å². The molecule has 2 heterocycles. The standard InChI is InChI=1S/C14H17N5O2S/c20-13(9-22-14-15-10-16-18-14)17-11-3-1-2-4-12(11)19-5-7-21-8-6-19/h1-4,10H,5-9H2,(H,17,20)(H,15,16,18).